The lowest BCUT2D eigenvalue weighted by atomic mass is 9.82. The molecule has 0 bridgehead atoms. The van der Waals surface area contributed by atoms with Crippen LogP contribution in [0.4, 0.5) is 0 Å². The Bertz CT molecular complexity index is 462. The van der Waals surface area contributed by atoms with Crippen molar-refractivity contribution in [2.75, 3.05) is 7.11 Å². The van der Waals surface area contributed by atoms with Gasteiger partial charge in [0.05, 0.1) is 12.7 Å². The van der Waals surface area contributed by atoms with Crippen LogP contribution in [-0.4, -0.2) is 29.8 Å². The molecule has 20 heavy (non-hydrogen) atoms. The van der Waals surface area contributed by atoms with Crippen LogP contribution in [0.15, 0.2) is 24.3 Å². The standard InChI is InChI=1S/C16H23NO3/c1-16(2,19)10-13(14-8-9-15(18)17-14)11-4-6-12(20-3)7-5-11/h4-7,13-14,19H,8-10H2,1-3H3,(H,17,18)/t13-,14-/m0/s1. The van der Waals surface area contributed by atoms with Crippen molar-refractivity contribution in [3.8, 4) is 5.75 Å². The Labute approximate surface area is 120 Å². The number of aliphatic hydroxyl groups is 1. The second-order valence-corrected chi connectivity index (χ2v) is 6.11. The average Bonchev–Trinajstić information content (AvgIpc) is 2.82. The number of hydrogen-bond acceptors (Lipinski definition) is 3. The Hall–Kier alpha value is -1.55. The van der Waals surface area contributed by atoms with Crippen LogP contribution >= 0.6 is 0 Å². The van der Waals surface area contributed by atoms with Crippen LogP contribution in [0.1, 0.15) is 44.6 Å². The van der Waals surface area contributed by atoms with Crippen LogP contribution in [-0.2, 0) is 4.79 Å². The smallest absolute Gasteiger partial charge is 0.220 e. The summed E-state index contributed by atoms with van der Waals surface area (Å²) in [5.41, 5.74) is 0.359. The van der Waals surface area contributed by atoms with Gasteiger partial charge in [-0.3, -0.25) is 4.79 Å². The van der Waals surface area contributed by atoms with Crippen molar-refractivity contribution in [3.63, 3.8) is 0 Å². The minimum absolute atomic E-state index is 0.0994. The number of rotatable bonds is 5. The maximum atomic E-state index is 11.5. The lowest BCUT2D eigenvalue weighted by Crippen LogP contribution is -2.35. The second-order valence-electron chi connectivity index (χ2n) is 6.11. The number of methoxy groups -OCH3 is 1. The van der Waals surface area contributed by atoms with Gasteiger partial charge in [-0.1, -0.05) is 12.1 Å². The Morgan fingerprint density at radius 2 is 2.05 bits per heavy atom. The van der Waals surface area contributed by atoms with E-state index in [9.17, 15) is 9.90 Å². The van der Waals surface area contributed by atoms with Gasteiger partial charge in [-0.2, -0.15) is 0 Å². The molecule has 1 aromatic rings. The van der Waals surface area contributed by atoms with E-state index in [1.54, 1.807) is 21.0 Å². The van der Waals surface area contributed by atoms with Crippen LogP contribution in [0.2, 0.25) is 0 Å². The quantitative estimate of drug-likeness (QED) is 0.867. The van der Waals surface area contributed by atoms with Gasteiger partial charge in [0.2, 0.25) is 5.91 Å². The van der Waals surface area contributed by atoms with Gasteiger partial charge in [-0.25, -0.2) is 0 Å². The first-order chi connectivity index (χ1) is 9.39. The van der Waals surface area contributed by atoms with Gasteiger partial charge in [-0.15, -0.1) is 0 Å². The molecule has 1 aliphatic heterocycles. The maximum absolute atomic E-state index is 11.5. The van der Waals surface area contributed by atoms with E-state index in [4.69, 9.17) is 4.74 Å². The van der Waals surface area contributed by atoms with Crippen molar-refractivity contribution in [2.24, 2.45) is 0 Å². The summed E-state index contributed by atoms with van der Waals surface area (Å²) in [6.07, 6.45) is 2.01. The summed E-state index contributed by atoms with van der Waals surface area (Å²) >= 11 is 0. The molecule has 1 heterocycles. The Morgan fingerprint density at radius 3 is 2.50 bits per heavy atom. The first-order valence-corrected chi connectivity index (χ1v) is 7.05. The zero-order valence-corrected chi connectivity index (χ0v) is 12.3. The van der Waals surface area contributed by atoms with Gasteiger partial charge < -0.3 is 15.2 Å². The fraction of sp³-hybridized carbons (Fsp3) is 0.562. The topological polar surface area (TPSA) is 58.6 Å². The molecular weight excluding hydrogens is 254 g/mol. The third-order valence-corrected chi connectivity index (χ3v) is 3.78. The fourth-order valence-electron chi connectivity index (χ4n) is 2.82. The predicted octanol–water partition coefficient (Wildman–Crippen LogP) is 2.22. The number of benzene rings is 1. The highest BCUT2D eigenvalue weighted by molar-refractivity contribution is 5.78. The Morgan fingerprint density at radius 1 is 1.40 bits per heavy atom. The molecule has 2 atom stereocenters. The van der Waals surface area contributed by atoms with Gasteiger partial charge in [0, 0.05) is 18.4 Å². The lowest BCUT2D eigenvalue weighted by molar-refractivity contribution is -0.119. The van der Waals surface area contributed by atoms with Crippen LogP contribution in [0.5, 0.6) is 5.75 Å². The molecule has 1 saturated heterocycles. The highest BCUT2D eigenvalue weighted by Gasteiger charge is 2.33. The fourth-order valence-corrected chi connectivity index (χ4v) is 2.82. The van der Waals surface area contributed by atoms with E-state index < -0.39 is 5.60 Å². The summed E-state index contributed by atoms with van der Waals surface area (Å²) in [6.45, 7) is 3.61. The van der Waals surface area contributed by atoms with Gasteiger partial charge in [0.25, 0.3) is 0 Å². The molecule has 0 aliphatic carbocycles. The van der Waals surface area contributed by atoms with E-state index in [-0.39, 0.29) is 17.9 Å². The van der Waals surface area contributed by atoms with Crippen LogP contribution in [0.25, 0.3) is 0 Å². The summed E-state index contributed by atoms with van der Waals surface area (Å²) in [5.74, 6) is 1.03. The summed E-state index contributed by atoms with van der Waals surface area (Å²) in [6, 6.07) is 7.97. The third kappa shape index (κ3) is 3.73. The van der Waals surface area contributed by atoms with Crippen molar-refractivity contribution in [1.29, 1.82) is 0 Å². The molecule has 4 nitrogen and oxygen atoms in total. The van der Waals surface area contributed by atoms with E-state index in [1.165, 1.54) is 0 Å². The molecule has 110 valence electrons. The largest absolute Gasteiger partial charge is 0.497 e. The highest BCUT2D eigenvalue weighted by atomic mass is 16.5. The minimum Gasteiger partial charge on any atom is -0.497 e. The first kappa shape index (κ1) is 14.9. The van der Waals surface area contributed by atoms with Gasteiger partial charge in [-0.05, 0) is 44.4 Å². The van der Waals surface area contributed by atoms with E-state index in [0.717, 1.165) is 17.7 Å². The summed E-state index contributed by atoms with van der Waals surface area (Å²) < 4.78 is 5.17. The molecule has 2 N–H and O–H groups in total. The zero-order chi connectivity index (χ0) is 14.8. The number of carbonyl (C=O) groups excluding carboxylic acids is 1. The van der Waals surface area contributed by atoms with Crippen molar-refractivity contribution in [2.45, 2.75) is 50.7 Å². The van der Waals surface area contributed by atoms with Crippen LogP contribution in [0.3, 0.4) is 0 Å². The molecular formula is C16H23NO3. The normalized spacial score (nSPS) is 20.6. The molecule has 4 heteroatoms. The molecule has 0 saturated carbocycles. The minimum atomic E-state index is -0.766. The highest BCUT2D eigenvalue weighted by Crippen LogP contribution is 2.33. The van der Waals surface area contributed by atoms with E-state index >= 15 is 0 Å². The van der Waals surface area contributed by atoms with E-state index in [0.29, 0.717) is 12.8 Å². The SMILES string of the molecule is COc1ccc([C@H](CC(C)(C)O)[C@@H]2CCC(=O)N2)cc1. The number of hydrogen-bond donors (Lipinski definition) is 2. The lowest BCUT2D eigenvalue weighted by Gasteiger charge is -2.30. The summed E-state index contributed by atoms with van der Waals surface area (Å²) in [7, 11) is 1.64. The number of ether oxygens (including phenoxy) is 1. The van der Waals surface area contributed by atoms with Gasteiger partial charge in [0.1, 0.15) is 5.75 Å². The van der Waals surface area contributed by atoms with Gasteiger partial charge >= 0.3 is 0 Å². The molecule has 1 aromatic carbocycles. The van der Waals surface area contributed by atoms with Gasteiger partial charge in [0.15, 0.2) is 0 Å². The number of amides is 1. The monoisotopic (exact) mass is 277 g/mol. The third-order valence-electron chi connectivity index (χ3n) is 3.78. The zero-order valence-electron chi connectivity index (χ0n) is 12.3. The number of nitrogens with one attached hydrogen (secondary N) is 1. The van der Waals surface area contributed by atoms with Crippen LogP contribution < -0.4 is 10.1 Å². The van der Waals surface area contributed by atoms with E-state index in [1.807, 2.05) is 24.3 Å². The molecule has 2 rings (SSSR count). The first-order valence-electron chi connectivity index (χ1n) is 7.05. The summed E-state index contributed by atoms with van der Waals surface area (Å²) in [4.78, 5) is 11.5. The molecule has 0 radical (unpaired) electrons. The van der Waals surface area contributed by atoms with E-state index in [2.05, 4.69) is 5.32 Å². The Balaban J connectivity index is 2.22. The number of carbonyl (C=O) groups is 1. The molecule has 1 aliphatic rings. The molecule has 1 fully saturated rings. The molecule has 0 aromatic heterocycles. The van der Waals surface area contributed by atoms with Crippen molar-refractivity contribution >= 4 is 5.91 Å². The van der Waals surface area contributed by atoms with Crippen molar-refractivity contribution < 1.29 is 14.6 Å². The van der Waals surface area contributed by atoms with Crippen LogP contribution in [0, 0.1) is 0 Å². The molecule has 0 spiro atoms. The molecule has 0 unspecified atom stereocenters. The summed E-state index contributed by atoms with van der Waals surface area (Å²) in [5, 5.41) is 13.2. The molecule has 1 amide bonds. The van der Waals surface area contributed by atoms with Crippen molar-refractivity contribution in [1.82, 2.24) is 5.32 Å². The van der Waals surface area contributed by atoms with Crippen molar-refractivity contribution in [3.05, 3.63) is 29.8 Å². The Kier molecular flexibility index (Phi) is 4.33. The average molecular weight is 277 g/mol. The predicted molar refractivity (Wildman–Crippen MR) is 77.8 cm³/mol. The maximum Gasteiger partial charge on any atom is 0.220 e. The second kappa shape index (κ2) is 5.83.